The second kappa shape index (κ2) is 10.0. The van der Waals surface area contributed by atoms with Crippen molar-refractivity contribution in [1.29, 1.82) is 0 Å². The van der Waals surface area contributed by atoms with Gasteiger partial charge in [0.15, 0.2) is 5.65 Å². The number of nitrogens with zero attached hydrogens (tertiary/aromatic N) is 6. The van der Waals surface area contributed by atoms with E-state index in [1.165, 1.54) is 12.1 Å². The Morgan fingerprint density at radius 1 is 1.00 bits per heavy atom. The van der Waals surface area contributed by atoms with Crippen molar-refractivity contribution in [2.24, 2.45) is 0 Å². The minimum Gasteiger partial charge on any atom is -0.352 e. The Hall–Kier alpha value is -3.81. The molecule has 5 rings (SSSR count). The fraction of sp³-hybridized carbons (Fsp3) is 0.357. The number of anilines is 1. The molecule has 0 aliphatic carbocycles. The van der Waals surface area contributed by atoms with Gasteiger partial charge in [-0.15, -0.1) is 0 Å². The van der Waals surface area contributed by atoms with Gasteiger partial charge in [-0.2, -0.15) is 5.10 Å². The van der Waals surface area contributed by atoms with Gasteiger partial charge in [0.2, 0.25) is 0 Å². The average Bonchev–Trinajstić information content (AvgIpc) is 3.25. The van der Waals surface area contributed by atoms with Crippen molar-refractivity contribution >= 4 is 22.8 Å². The summed E-state index contributed by atoms with van der Waals surface area (Å²) in [5, 5.41) is 5.67. The highest BCUT2D eigenvalue weighted by Crippen LogP contribution is 2.32. The van der Waals surface area contributed by atoms with E-state index in [-0.39, 0.29) is 17.6 Å². The molecule has 1 aliphatic rings. The Morgan fingerprint density at radius 2 is 1.69 bits per heavy atom. The Labute approximate surface area is 210 Å². The van der Waals surface area contributed by atoms with Crippen LogP contribution in [-0.4, -0.2) is 56.7 Å². The lowest BCUT2D eigenvalue weighted by molar-refractivity contribution is 0.0746. The molecule has 1 amide bonds. The monoisotopic (exact) mass is 486 g/mol. The van der Waals surface area contributed by atoms with Crippen molar-refractivity contribution in [3.8, 4) is 5.69 Å². The van der Waals surface area contributed by atoms with E-state index >= 15 is 0 Å². The summed E-state index contributed by atoms with van der Waals surface area (Å²) in [5.74, 6) is 1.60. The van der Waals surface area contributed by atoms with Crippen LogP contribution in [0.2, 0.25) is 0 Å². The zero-order valence-corrected chi connectivity index (χ0v) is 21.0. The molecule has 0 bridgehead atoms. The number of hydrogen-bond donors (Lipinski definition) is 0. The molecule has 7 nitrogen and oxygen atoms in total. The van der Waals surface area contributed by atoms with Crippen LogP contribution in [0.25, 0.3) is 16.7 Å². The molecule has 0 N–H and O–H groups in total. The first-order valence-electron chi connectivity index (χ1n) is 12.6. The maximum Gasteiger partial charge on any atom is 0.253 e. The molecular formula is C28H31FN6O. The van der Waals surface area contributed by atoms with Gasteiger partial charge in [0.1, 0.15) is 17.5 Å². The lowest BCUT2D eigenvalue weighted by atomic mass is 10.1. The molecule has 0 spiro atoms. The molecule has 0 saturated carbocycles. The number of piperazine rings is 1. The molecule has 0 radical (unpaired) electrons. The quantitative estimate of drug-likeness (QED) is 0.378. The second-order valence-electron chi connectivity index (χ2n) is 9.41. The summed E-state index contributed by atoms with van der Waals surface area (Å²) < 4.78 is 15.4. The summed E-state index contributed by atoms with van der Waals surface area (Å²) in [6.45, 7) is 8.84. The smallest absolute Gasteiger partial charge is 0.253 e. The molecule has 1 atom stereocenters. The molecule has 1 saturated heterocycles. The Bertz CT molecular complexity index is 1360. The number of aromatic nitrogens is 4. The van der Waals surface area contributed by atoms with Crippen LogP contribution in [0.5, 0.6) is 0 Å². The summed E-state index contributed by atoms with van der Waals surface area (Å²) >= 11 is 0. The molecule has 186 valence electrons. The number of carbonyl (C=O) groups excluding carboxylic acids is 1. The molecule has 1 aliphatic heterocycles. The first-order chi connectivity index (χ1) is 17.5. The SMILES string of the molecule is CCC[C@@H](C)c1nc(N2CCN(C(=O)c3ccccc3)CC2)c2c(C)nn(-c3ccc(F)cc3)c2n1. The first-order valence-corrected chi connectivity index (χ1v) is 12.6. The van der Waals surface area contributed by atoms with Crippen molar-refractivity contribution in [3.05, 3.63) is 77.5 Å². The van der Waals surface area contributed by atoms with Gasteiger partial charge in [-0.3, -0.25) is 4.79 Å². The van der Waals surface area contributed by atoms with Gasteiger partial charge in [0.25, 0.3) is 5.91 Å². The second-order valence-corrected chi connectivity index (χ2v) is 9.41. The summed E-state index contributed by atoms with van der Waals surface area (Å²) in [5.41, 5.74) is 3.01. The van der Waals surface area contributed by atoms with Gasteiger partial charge in [0, 0.05) is 37.7 Å². The number of amides is 1. The van der Waals surface area contributed by atoms with Gasteiger partial charge >= 0.3 is 0 Å². The van der Waals surface area contributed by atoms with Gasteiger partial charge < -0.3 is 9.80 Å². The highest BCUT2D eigenvalue weighted by atomic mass is 19.1. The molecule has 2 aromatic heterocycles. The van der Waals surface area contributed by atoms with Crippen molar-refractivity contribution < 1.29 is 9.18 Å². The van der Waals surface area contributed by atoms with E-state index in [0.29, 0.717) is 31.7 Å². The molecule has 3 heterocycles. The Balaban J connectivity index is 1.51. The standard InChI is InChI=1S/C28H31FN6O/c1-4-8-19(2)25-30-26(33-15-17-34(18-16-33)28(36)21-9-6-5-7-10-21)24-20(3)32-35(27(24)31-25)23-13-11-22(29)12-14-23/h5-7,9-14,19H,4,8,15-18H2,1-3H3/t19-/m1/s1. The van der Waals surface area contributed by atoms with Crippen molar-refractivity contribution in [2.45, 2.75) is 39.5 Å². The first kappa shape index (κ1) is 23.9. The fourth-order valence-electron chi connectivity index (χ4n) is 4.84. The maximum atomic E-state index is 13.6. The van der Waals surface area contributed by atoms with E-state index in [1.54, 1.807) is 16.8 Å². The zero-order chi connectivity index (χ0) is 25.2. The van der Waals surface area contributed by atoms with Crippen LogP contribution in [0.4, 0.5) is 10.2 Å². The Kier molecular flexibility index (Phi) is 6.67. The van der Waals surface area contributed by atoms with E-state index in [4.69, 9.17) is 15.1 Å². The summed E-state index contributed by atoms with van der Waals surface area (Å²) in [6, 6.07) is 15.7. The maximum absolute atomic E-state index is 13.6. The summed E-state index contributed by atoms with van der Waals surface area (Å²) in [6.07, 6.45) is 2.02. The fourth-order valence-corrected chi connectivity index (χ4v) is 4.84. The van der Waals surface area contributed by atoms with Crippen LogP contribution in [0, 0.1) is 12.7 Å². The van der Waals surface area contributed by atoms with E-state index in [1.807, 2.05) is 42.2 Å². The van der Waals surface area contributed by atoms with Crippen LogP contribution in [0.3, 0.4) is 0 Å². The van der Waals surface area contributed by atoms with E-state index in [9.17, 15) is 9.18 Å². The molecular weight excluding hydrogens is 455 g/mol. The molecule has 2 aromatic carbocycles. The van der Waals surface area contributed by atoms with E-state index < -0.39 is 0 Å². The summed E-state index contributed by atoms with van der Waals surface area (Å²) in [7, 11) is 0. The molecule has 0 unspecified atom stereocenters. The topological polar surface area (TPSA) is 67.2 Å². The summed E-state index contributed by atoms with van der Waals surface area (Å²) in [4.78, 5) is 27.1. The number of fused-ring (bicyclic) bond motifs is 1. The van der Waals surface area contributed by atoms with Crippen molar-refractivity contribution in [2.75, 3.05) is 31.1 Å². The zero-order valence-electron chi connectivity index (χ0n) is 21.0. The van der Waals surface area contributed by atoms with Crippen LogP contribution in [-0.2, 0) is 0 Å². The normalized spacial score (nSPS) is 14.9. The van der Waals surface area contributed by atoms with E-state index in [2.05, 4.69) is 18.7 Å². The van der Waals surface area contributed by atoms with Crippen LogP contribution in [0.15, 0.2) is 54.6 Å². The minimum atomic E-state index is -0.289. The third-order valence-corrected chi connectivity index (χ3v) is 6.82. The third-order valence-electron chi connectivity index (χ3n) is 6.82. The number of benzene rings is 2. The van der Waals surface area contributed by atoms with Crippen molar-refractivity contribution in [1.82, 2.24) is 24.6 Å². The van der Waals surface area contributed by atoms with E-state index in [0.717, 1.165) is 46.9 Å². The largest absolute Gasteiger partial charge is 0.352 e. The van der Waals surface area contributed by atoms with Crippen LogP contribution < -0.4 is 4.90 Å². The predicted octanol–water partition coefficient (Wildman–Crippen LogP) is 5.13. The molecule has 36 heavy (non-hydrogen) atoms. The lowest BCUT2D eigenvalue weighted by Crippen LogP contribution is -2.49. The van der Waals surface area contributed by atoms with Gasteiger partial charge in [-0.05, 0) is 49.7 Å². The average molecular weight is 487 g/mol. The molecule has 4 aromatic rings. The Morgan fingerprint density at radius 3 is 2.36 bits per heavy atom. The lowest BCUT2D eigenvalue weighted by Gasteiger charge is -2.36. The molecule has 1 fully saturated rings. The predicted molar refractivity (Wildman–Crippen MR) is 139 cm³/mol. The number of rotatable bonds is 6. The van der Waals surface area contributed by atoms with Crippen LogP contribution in [0.1, 0.15) is 54.5 Å². The molecule has 8 heteroatoms. The van der Waals surface area contributed by atoms with Gasteiger partial charge in [0.05, 0.1) is 16.8 Å². The minimum absolute atomic E-state index is 0.0562. The number of hydrogen-bond acceptors (Lipinski definition) is 5. The highest BCUT2D eigenvalue weighted by molar-refractivity contribution is 5.95. The number of halogens is 1. The van der Waals surface area contributed by atoms with Gasteiger partial charge in [-0.1, -0.05) is 38.5 Å². The number of carbonyl (C=O) groups is 1. The third kappa shape index (κ3) is 4.55. The van der Waals surface area contributed by atoms with Crippen molar-refractivity contribution in [3.63, 3.8) is 0 Å². The highest BCUT2D eigenvalue weighted by Gasteiger charge is 2.27. The van der Waals surface area contributed by atoms with Crippen LogP contribution >= 0.6 is 0 Å². The number of aryl methyl sites for hydroxylation is 1. The van der Waals surface area contributed by atoms with Gasteiger partial charge in [-0.25, -0.2) is 19.0 Å².